The van der Waals surface area contributed by atoms with Crippen molar-refractivity contribution in [2.24, 2.45) is 0 Å². The van der Waals surface area contributed by atoms with E-state index in [0.29, 0.717) is 23.0 Å². The molecule has 1 aliphatic rings. The van der Waals surface area contributed by atoms with Crippen LogP contribution in [0, 0.1) is 0 Å². The first-order valence-corrected chi connectivity index (χ1v) is 10.5. The summed E-state index contributed by atoms with van der Waals surface area (Å²) in [6.45, 7) is 4.35. The number of nitrogens with zero attached hydrogens (tertiary/aromatic N) is 1. The molecular weight excluding hydrogens is 388 g/mol. The lowest BCUT2D eigenvalue weighted by Gasteiger charge is -2.26. The van der Waals surface area contributed by atoms with Gasteiger partial charge >= 0.3 is 0 Å². The number of amides is 1. The van der Waals surface area contributed by atoms with E-state index in [0.717, 1.165) is 12.0 Å². The van der Waals surface area contributed by atoms with Crippen molar-refractivity contribution in [1.29, 1.82) is 0 Å². The van der Waals surface area contributed by atoms with Gasteiger partial charge in [0.25, 0.3) is 15.9 Å². The second kappa shape index (κ2) is 7.78. The van der Waals surface area contributed by atoms with Gasteiger partial charge in [-0.1, -0.05) is 18.5 Å². The van der Waals surface area contributed by atoms with Crippen molar-refractivity contribution in [3.8, 4) is 5.75 Å². The molecule has 1 unspecified atom stereocenters. The van der Waals surface area contributed by atoms with E-state index in [-0.39, 0.29) is 23.5 Å². The van der Waals surface area contributed by atoms with E-state index < -0.39 is 10.0 Å². The standard InChI is InChI=1S/C19H21ClN2O4S/c1-3-13(2)22-11-14-10-16(6-9-18(14)26-12-19(22)23)21-27(24,25)17-7-4-15(20)5-8-17/h4-10,13,21H,3,11-12H2,1-2H3. The third kappa shape index (κ3) is 4.36. The number of benzene rings is 2. The Morgan fingerprint density at radius 3 is 2.59 bits per heavy atom. The summed E-state index contributed by atoms with van der Waals surface area (Å²) in [7, 11) is -3.74. The van der Waals surface area contributed by atoms with E-state index in [9.17, 15) is 13.2 Å². The molecule has 0 aliphatic carbocycles. The van der Waals surface area contributed by atoms with E-state index in [1.54, 1.807) is 23.1 Å². The van der Waals surface area contributed by atoms with Gasteiger partial charge in [0, 0.05) is 28.9 Å². The number of ether oxygens (including phenoxy) is 1. The van der Waals surface area contributed by atoms with E-state index >= 15 is 0 Å². The average molecular weight is 409 g/mol. The Kier molecular flexibility index (Phi) is 5.62. The molecule has 1 amide bonds. The zero-order valence-electron chi connectivity index (χ0n) is 15.1. The quantitative estimate of drug-likeness (QED) is 0.819. The van der Waals surface area contributed by atoms with E-state index in [2.05, 4.69) is 4.72 Å². The Morgan fingerprint density at radius 2 is 1.93 bits per heavy atom. The molecule has 0 bridgehead atoms. The Bertz CT molecular complexity index is 945. The predicted molar refractivity (Wildman–Crippen MR) is 105 cm³/mol. The first kappa shape index (κ1) is 19.5. The van der Waals surface area contributed by atoms with Gasteiger partial charge in [0.15, 0.2) is 6.61 Å². The summed E-state index contributed by atoms with van der Waals surface area (Å²) >= 11 is 5.82. The molecule has 1 heterocycles. The number of rotatable bonds is 5. The molecule has 0 radical (unpaired) electrons. The lowest BCUT2D eigenvalue weighted by atomic mass is 10.1. The summed E-state index contributed by atoms with van der Waals surface area (Å²) in [5.74, 6) is 0.507. The monoisotopic (exact) mass is 408 g/mol. The number of hydrogen-bond acceptors (Lipinski definition) is 4. The number of hydrogen-bond donors (Lipinski definition) is 1. The van der Waals surface area contributed by atoms with Crippen molar-refractivity contribution in [3.63, 3.8) is 0 Å². The number of carbonyl (C=O) groups is 1. The van der Waals surface area contributed by atoms with Crippen molar-refractivity contribution in [3.05, 3.63) is 53.1 Å². The van der Waals surface area contributed by atoms with Gasteiger partial charge in [0.05, 0.1) is 4.90 Å². The highest BCUT2D eigenvalue weighted by Gasteiger charge is 2.25. The molecule has 27 heavy (non-hydrogen) atoms. The van der Waals surface area contributed by atoms with Crippen molar-refractivity contribution in [1.82, 2.24) is 4.90 Å². The van der Waals surface area contributed by atoms with Gasteiger partial charge in [-0.2, -0.15) is 0 Å². The van der Waals surface area contributed by atoms with E-state index in [1.165, 1.54) is 24.3 Å². The molecule has 2 aromatic carbocycles. The highest BCUT2D eigenvalue weighted by Crippen LogP contribution is 2.29. The largest absolute Gasteiger partial charge is 0.483 e. The number of fused-ring (bicyclic) bond motifs is 1. The smallest absolute Gasteiger partial charge is 0.261 e. The topological polar surface area (TPSA) is 75.7 Å². The highest BCUT2D eigenvalue weighted by atomic mass is 35.5. The normalized spacial score (nSPS) is 15.5. The summed E-state index contributed by atoms with van der Waals surface area (Å²) in [5, 5.41) is 0.464. The Balaban J connectivity index is 1.87. The predicted octanol–water partition coefficient (Wildman–Crippen LogP) is 3.66. The number of nitrogens with one attached hydrogen (secondary N) is 1. The molecular formula is C19H21ClN2O4S. The second-order valence-corrected chi connectivity index (χ2v) is 8.57. The summed E-state index contributed by atoms with van der Waals surface area (Å²) in [6.07, 6.45) is 0.823. The van der Waals surface area contributed by atoms with Crippen LogP contribution in [0.15, 0.2) is 47.4 Å². The van der Waals surface area contributed by atoms with Crippen LogP contribution < -0.4 is 9.46 Å². The van der Waals surface area contributed by atoms with Crippen LogP contribution in [0.3, 0.4) is 0 Å². The maximum Gasteiger partial charge on any atom is 0.261 e. The molecule has 2 aromatic rings. The zero-order valence-corrected chi connectivity index (χ0v) is 16.7. The molecule has 0 aromatic heterocycles. The van der Waals surface area contributed by atoms with E-state index in [4.69, 9.17) is 16.3 Å². The summed E-state index contributed by atoms with van der Waals surface area (Å²) in [5.41, 5.74) is 1.17. The highest BCUT2D eigenvalue weighted by molar-refractivity contribution is 7.92. The first-order chi connectivity index (χ1) is 12.8. The molecule has 3 rings (SSSR count). The van der Waals surface area contributed by atoms with Crippen LogP contribution in [0.1, 0.15) is 25.8 Å². The van der Waals surface area contributed by atoms with Gasteiger partial charge in [0.2, 0.25) is 0 Å². The molecule has 1 N–H and O–H groups in total. The third-order valence-electron chi connectivity index (χ3n) is 4.57. The fraction of sp³-hybridized carbons (Fsp3) is 0.316. The van der Waals surface area contributed by atoms with Gasteiger partial charge in [-0.25, -0.2) is 8.42 Å². The van der Waals surface area contributed by atoms with Crippen molar-refractivity contribution >= 4 is 33.2 Å². The SMILES string of the molecule is CCC(C)N1Cc2cc(NS(=O)(=O)c3ccc(Cl)cc3)ccc2OCC1=O. The lowest BCUT2D eigenvalue weighted by molar-refractivity contribution is -0.135. The van der Waals surface area contributed by atoms with Crippen molar-refractivity contribution in [2.45, 2.75) is 37.8 Å². The second-order valence-electron chi connectivity index (χ2n) is 6.45. The van der Waals surface area contributed by atoms with Crippen molar-refractivity contribution in [2.75, 3.05) is 11.3 Å². The minimum absolute atomic E-state index is 0.0206. The number of sulfonamides is 1. The van der Waals surface area contributed by atoms with Crippen LogP contribution in [-0.4, -0.2) is 31.9 Å². The first-order valence-electron chi connectivity index (χ1n) is 8.63. The maximum atomic E-state index is 12.6. The third-order valence-corrected chi connectivity index (χ3v) is 6.22. The summed E-state index contributed by atoms with van der Waals surface area (Å²) in [4.78, 5) is 14.2. The lowest BCUT2D eigenvalue weighted by Crippen LogP contribution is -2.39. The van der Waals surface area contributed by atoms with Gasteiger partial charge in [-0.05, 0) is 55.8 Å². The van der Waals surface area contributed by atoms with Gasteiger partial charge in [-0.3, -0.25) is 9.52 Å². The maximum absolute atomic E-state index is 12.6. The number of anilines is 1. The molecule has 144 valence electrons. The fourth-order valence-electron chi connectivity index (χ4n) is 2.85. The Labute approximate surface area is 164 Å². The van der Waals surface area contributed by atoms with Crippen LogP contribution in [0.25, 0.3) is 0 Å². The van der Waals surface area contributed by atoms with Crippen LogP contribution in [-0.2, 0) is 21.4 Å². The number of halogens is 1. The molecule has 8 heteroatoms. The van der Waals surface area contributed by atoms with Crippen LogP contribution in [0.5, 0.6) is 5.75 Å². The molecule has 1 aliphatic heterocycles. The molecule has 0 fully saturated rings. The Hall–Kier alpha value is -2.25. The summed E-state index contributed by atoms with van der Waals surface area (Å²) in [6, 6.07) is 11.0. The van der Waals surface area contributed by atoms with Crippen LogP contribution in [0.4, 0.5) is 5.69 Å². The average Bonchev–Trinajstić information content (AvgIpc) is 2.80. The zero-order chi connectivity index (χ0) is 19.6. The van der Waals surface area contributed by atoms with Gasteiger partial charge < -0.3 is 9.64 Å². The van der Waals surface area contributed by atoms with Gasteiger partial charge in [0.1, 0.15) is 5.75 Å². The number of carbonyl (C=O) groups excluding carboxylic acids is 1. The molecule has 0 spiro atoms. The summed E-state index contributed by atoms with van der Waals surface area (Å²) < 4.78 is 33.3. The van der Waals surface area contributed by atoms with Gasteiger partial charge in [-0.15, -0.1) is 0 Å². The van der Waals surface area contributed by atoms with Crippen molar-refractivity contribution < 1.29 is 17.9 Å². The Morgan fingerprint density at radius 1 is 1.22 bits per heavy atom. The minimum atomic E-state index is -3.74. The van der Waals surface area contributed by atoms with E-state index in [1.807, 2.05) is 13.8 Å². The molecule has 0 saturated carbocycles. The molecule has 6 nitrogen and oxygen atoms in total. The fourth-order valence-corrected chi connectivity index (χ4v) is 4.03. The molecule has 0 saturated heterocycles. The van der Waals surface area contributed by atoms with Crippen LogP contribution in [0.2, 0.25) is 5.02 Å². The van der Waals surface area contributed by atoms with Crippen LogP contribution >= 0.6 is 11.6 Å². The minimum Gasteiger partial charge on any atom is -0.483 e. The molecule has 1 atom stereocenters.